The van der Waals surface area contributed by atoms with Crippen LogP contribution in [0.2, 0.25) is 0 Å². The summed E-state index contributed by atoms with van der Waals surface area (Å²) in [6.07, 6.45) is 0.851. The number of carbonyl (C=O) groups excluding carboxylic acids is 1. The first kappa shape index (κ1) is 13.6. The van der Waals surface area contributed by atoms with Crippen LogP contribution in [0.25, 0.3) is 11.0 Å². The summed E-state index contributed by atoms with van der Waals surface area (Å²) in [7, 11) is 0. The number of carbonyl (C=O) groups is 1. The van der Waals surface area contributed by atoms with E-state index in [2.05, 4.69) is 10.4 Å². The number of rotatable bonds is 2. The molecule has 1 aliphatic rings. The summed E-state index contributed by atoms with van der Waals surface area (Å²) in [5.74, 6) is 0.0880. The Morgan fingerprint density at radius 1 is 1.26 bits per heavy atom. The molecule has 0 aliphatic carbocycles. The molecule has 1 amide bonds. The minimum Gasteiger partial charge on any atom is -0.478 e. The summed E-state index contributed by atoms with van der Waals surface area (Å²) >= 11 is 0. The molecule has 116 valence electrons. The van der Waals surface area contributed by atoms with Crippen molar-refractivity contribution >= 4 is 22.6 Å². The Bertz CT molecular complexity index is 934. The van der Waals surface area contributed by atoms with E-state index in [0.717, 1.165) is 11.8 Å². The fourth-order valence-electron chi connectivity index (χ4n) is 2.51. The van der Waals surface area contributed by atoms with Crippen LogP contribution in [-0.4, -0.2) is 22.3 Å². The van der Waals surface area contributed by atoms with Gasteiger partial charge in [-0.1, -0.05) is 18.2 Å². The summed E-state index contributed by atoms with van der Waals surface area (Å²) < 4.78 is 12.3. The van der Waals surface area contributed by atoms with Crippen LogP contribution in [0.3, 0.4) is 0 Å². The van der Waals surface area contributed by atoms with Crippen LogP contribution in [0.5, 0.6) is 5.88 Å². The second-order valence-electron chi connectivity index (χ2n) is 5.23. The zero-order valence-corrected chi connectivity index (χ0v) is 12.1. The van der Waals surface area contributed by atoms with Gasteiger partial charge in [-0.2, -0.15) is 5.10 Å². The van der Waals surface area contributed by atoms with Crippen LogP contribution in [0.15, 0.2) is 45.6 Å². The van der Waals surface area contributed by atoms with Crippen LogP contribution in [0, 0.1) is 0 Å². The van der Waals surface area contributed by atoms with Gasteiger partial charge in [0.25, 0.3) is 5.91 Å². The van der Waals surface area contributed by atoms with Crippen molar-refractivity contribution in [3.63, 3.8) is 0 Å². The molecule has 4 rings (SSSR count). The largest absolute Gasteiger partial charge is 0.478 e. The van der Waals surface area contributed by atoms with E-state index < -0.39 is 11.5 Å². The van der Waals surface area contributed by atoms with E-state index in [0.29, 0.717) is 24.6 Å². The van der Waals surface area contributed by atoms with Gasteiger partial charge in [0.15, 0.2) is 5.69 Å². The molecule has 0 unspecified atom stereocenters. The van der Waals surface area contributed by atoms with Gasteiger partial charge in [0.2, 0.25) is 5.88 Å². The molecule has 0 bridgehead atoms. The molecule has 7 nitrogen and oxygen atoms in total. The van der Waals surface area contributed by atoms with Gasteiger partial charge in [-0.3, -0.25) is 4.79 Å². The van der Waals surface area contributed by atoms with E-state index in [-0.39, 0.29) is 11.4 Å². The van der Waals surface area contributed by atoms with Gasteiger partial charge in [-0.25, -0.2) is 9.48 Å². The van der Waals surface area contributed by atoms with Crippen LogP contribution in [-0.2, 0) is 6.54 Å². The fraction of sp³-hybridized carbons (Fsp3) is 0.188. The molecule has 0 fully saturated rings. The predicted molar refractivity (Wildman–Crippen MR) is 82.8 cm³/mol. The third-order valence-electron chi connectivity index (χ3n) is 3.63. The first-order chi connectivity index (χ1) is 11.2. The fourth-order valence-corrected chi connectivity index (χ4v) is 2.51. The third kappa shape index (κ3) is 2.46. The zero-order valence-electron chi connectivity index (χ0n) is 12.1. The smallest absolute Gasteiger partial charge is 0.360 e. The Labute approximate surface area is 130 Å². The Hall–Kier alpha value is -3.09. The van der Waals surface area contributed by atoms with E-state index in [1.165, 1.54) is 0 Å². The molecular formula is C16H13N3O4. The van der Waals surface area contributed by atoms with Crippen molar-refractivity contribution in [1.29, 1.82) is 0 Å². The van der Waals surface area contributed by atoms with Gasteiger partial charge in [0.05, 0.1) is 6.61 Å². The molecule has 3 heterocycles. The topological polar surface area (TPSA) is 86.4 Å². The molecule has 23 heavy (non-hydrogen) atoms. The SMILES string of the molecule is O=C(Nc1cc2ccccc2oc1=O)c1cc2n(n1)CCCO2. The van der Waals surface area contributed by atoms with Crippen molar-refractivity contribution < 1.29 is 13.9 Å². The highest BCUT2D eigenvalue weighted by atomic mass is 16.5. The summed E-state index contributed by atoms with van der Waals surface area (Å²) in [4.78, 5) is 24.3. The summed E-state index contributed by atoms with van der Waals surface area (Å²) in [5.41, 5.74) is 0.161. The van der Waals surface area contributed by atoms with Gasteiger partial charge in [-0.15, -0.1) is 0 Å². The maximum Gasteiger partial charge on any atom is 0.360 e. The lowest BCUT2D eigenvalue weighted by molar-refractivity contribution is 0.102. The number of fused-ring (bicyclic) bond motifs is 2. The Morgan fingerprint density at radius 2 is 2.13 bits per heavy atom. The number of nitrogens with one attached hydrogen (secondary N) is 1. The van der Waals surface area contributed by atoms with Crippen molar-refractivity contribution in [2.45, 2.75) is 13.0 Å². The van der Waals surface area contributed by atoms with Crippen LogP contribution in [0.4, 0.5) is 5.69 Å². The standard InChI is InChI=1S/C16H13N3O4/c20-15(11-9-14-19(18-11)6-3-7-22-14)17-12-8-10-4-1-2-5-13(10)23-16(12)21/h1-2,4-5,8-9H,3,6-7H2,(H,17,20). The lowest BCUT2D eigenvalue weighted by Crippen LogP contribution is -2.19. The molecule has 1 aliphatic heterocycles. The van der Waals surface area contributed by atoms with E-state index in [4.69, 9.17) is 9.15 Å². The van der Waals surface area contributed by atoms with Gasteiger partial charge < -0.3 is 14.5 Å². The average Bonchev–Trinajstić information content (AvgIpc) is 3.00. The zero-order chi connectivity index (χ0) is 15.8. The minimum absolute atomic E-state index is 0.0839. The monoisotopic (exact) mass is 311 g/mol. The quantitative estimate of drug-likeness (QED) is 0.732. The molecule has 0 saturated heterocycles. The number of anilines is 1. The highest BCUT2D eigenvalue weighted by Crippen LogP contribution is 2.20. The number of para-hydroxylation sites is 1. The Kier molecular flexibility index (Phi) is 3.11. The summed E-state index contributed by atoms with van der Waals surface area (Å²) in [5, 5.41) is 7.47. The lowest BCUT2D eigenvalue weighted by Gasteiger charge is -2.13. The highest BCUT2D eigenvalue weighted by Gasteiger charge is 2.19. The molecule has 3 aromatic rings. The van der Waals surface area contributed by atoms with Gasteiger partial charge >= 0.3 is 5.63 Å². The molecule has 0 saturated carbocycles. The third-order valence-corrected chi connectivity index (χ3v) is 3.63. The van der Waals surface area contributed by atoms with Crippen molar-refractivity contribution in [2.75, 3.05) is 11.9 Å². The van der Waals surface area contributed by atoms with Crippen LogP contribution in [0.1, 0.15) is 16.9 Å². The second-order valence-corrected chi connectivity index (χ2v) is 5.23. The molecule has 1 N–H and O–H groups in total. The van der Waals surface area contributed by atoms with Crippen molar-refractivity contribution in [3.05, 3.63) is 52.5 Å². The Balaban J connectivity index is 1.64. The predicted octanol–water partition coefficient (Wildman–Crippen LogP) is 2.02. The van der Waals surface area contributed by atoms with Crippen LogP contribution < -0.4 is 15.7 Å². The summed E-state index contributed by atoms with van der Waals surface area (Å²) in [6, 6.07) is 10.3. The number of ether oxygens (including phenoxy) is 1. The average molecular weight is 311 g/mol. The number of aryl methyl sites for hydroxylation is 1. The minimum atomic E-state index is -0.600. The molecule has 7 heteroatoms. The van der Waals surface area contributed by atoms with E-state index in [9.17, 15) is 9.59 Å². The number of aromatic nitrogens is 2. The van der Waals surface area contributed by atoms with E-state index in [1.54, 1.807) is 35.0 Å². The molecule has 2 aromatic heterocycles. The number of hydrogen-bond acceptors (Lipinski definition) is 5. The number of amides is 1. The maximum atomic E-state index is 12.3. The molecule has 0 radical (unpaired) electrons. The summed E-state index contributed by atoms with van der Waals surface area (Å²) in [6.45, 7) is 1.32. The lowest BCUT2D eigenvalue weighted by atomic mass is 10.2. The molecular weight excluding hydrogens is 298 g/mol. The number of benzene rings is 1. The van der Waals surface area contributed by atoms with Crippen molar-refractivity contribution in [3.8, 4) is 5.88 Å². The maximum absolute atomic E-state index is 12.3. The van der Waals surface area contributed by atoms with Crippen LogP contribution >= 0.6 is 0 Å². The normalized spacial score (nSPS) is 13.4. The van der Waals surface area contributed by atoms with Gasteiger partial charge in [-0.05, 0) is 12.1 Å². The van der Waals surface area contributed by atoms with Crippen molar-refractivity contribution in [2.24, 2.45) is 0 Å². The Morgan fingerprint density at radius 3 is 3.00 bits per heavy atom. The molecule has 1 aromatic carbocycles. The molecule has 0 atom stereocenters. The van der Waals surface area contributed by atoms with E-state index in [1.807, 2.05) is 6.07 Å². The van der Waals surface area contributed by atoms with E-state index >= 15 is 0 Å². The van der Waals surface area contributed by atoms with Crippen molar-refractivity contribution in [1.82, 2.24) is 9.78 Å². The molecule has 0 spiro atoms. The number of hydrogen-bond donors (Lipinski definition) is 1. The van der Waals surface area contributed by atoms with Gasteiger partial charge in [0, 0.05) is 24.4 Å². The number of nitrogens with zero attached hydrogens (tertiary/aromatic N) is 2. The van der Waals surface area contributed by atoms with Gasteiger partial charge in [0.1, 0.15) is 11.3 Å². The highest BCUT2D eigenvalue weighted by molar-refractivity contribution is 6.03. The first-order valence-corrected chi connectivity index (χ1v) is 7.25. The first-order valence-electron chi connectivity index (χ1n) is 7.25. The second kappa shape index (κ2) is 5.28.